The predicted molar refractivity (Wildman–Crippen MR) is 164 cm³/mol. The third-order valence-corrected chi connectivity index (χ3v) is 6.91. The molecule has 1 N–H and O–H groups in total. The van der Waals surface area contributed by atoms with Gasteiger partial charge in [-0.1, -0.05) is 13.8 Å². The van der Waals surface area contributed by atoms with E-state index in [1.165, 1.54) is 19.4 Å². The van der Waals surface area contributed by atoms with Gasteiger partial charge in [-0.25, -0.2) is 9.78 Å². The predicted octanol–water partition coefficient (Wildman–Crippen LogP) is 4.23. The summed E-state index contributed by atoms with van der Waals surface area (Å²) >= 11 is 0. The zero-order chi connectivity index (χ0) is 31.6. The second kappa shape index (κ2) is 12.3. The molecule has 4 heterocycles. The van der Waals surface area contributed by atoms with Gasteiger partial charge in [0, 0.05) is 50.1 Å². The Morgan fingerprint density at radius 1 is 1.19 bits per heavy atom. The molecule has 43 heavy (non-hydrogen) atoms. The number of fused-ring (bicyclic) bond motifs is 1. The molecule has 1 aliphatic rings. The van der Waals surface area contributed by atoms with Gasteiger partial charge in [-0.2, -0.15) is 9.97 Å². The van der Waals surface area contributed by atoms with E-state index in [1.807, 2.05) is 43.0 Å². The van der Waals surface area contributed by atoms with Crippen molar-refractivity contribution >= 4 is 40.6 Å². The number of carbonyl (C=O) groups is 1. The maximum absolute atomic E-state index is 13.2. The molecule has 230 valence electrons. The molecule has 0 amide bonds. The number of carbonyl (C=O) groups excluding carboxylic acids is 1. The Morgan fingerprint density at radius 3 is 2.53 bits per heavy atom. The van der Waals surface area contributed by atoms with Gasteiger partial charge in [0.25, 0.3) is 0 Å². The summed E-state index contributed by atoms with van der Waals surface area (Å²) in [7, 11) is 7.01. The number of likely N-dealkylation sites (N-methyl/N-ethyl adjacent to an activating group) is 2. The van der Waals surface area contributed by atoms with Gasteiger partial charge in [0.15, 0.2) is 5.82 Å². The van der Waals surface area contributed by atoms with Crippen molar-refractivity contribution < 1.29 is 19.2 Å². The fraction of sp³-hybridized carbons (Fsp3) is 0.483. The number of hydrogen-bond acceptors (Lipinski definition) is 13. The van der Waals surface area contributed by atoms with Crippen LogP contribution in [0.5, 0.6) is 5.88 Å². The molecule has 0 spiro atoms. The fourth-order valence-electron chi connectivity index (χ4n) is 4.78. The standard InChI is InChI=1S/C29H39N9O5/c1-17(2)43-27(39)19-15-30-28(34-24(19)37-16-29(4,5)23-21(37)11-10-18(3)31-23)32-20-14-22(38(40)41)25(33-26(20)42-9)36(8)13-12-35(6)7/h10-11,14-15,17H,12-13,16H2,1-9H3,(H,30,32,34). The van der Waals surface area contributed by atoms with Crippen LogP contribution in [0.2, 0.25) is 0 Å². The summed E-state index contributed by atoms with van der Waals surface area (Å²) in [6.45, 7) is 11.3. The van der Waals surface area contributed by atoms with Crippen LogP contribution in [0.1, 0.15) is 49.4 Å². The molecule has 0 bridgehead atoms. The van der Waals surface area contributed by atoms with Crippen LogP contribution in [0.15, 0.2) is 24.4 Å². The van der Waals surface area contributed by atoms with Gasteiger partial charge in [-0.3, -0.25) is 15.1 Å². The van der Waals surface area contributed by atoms with E-state index in [0.29, 0.717) is 25.5 Å². The first-order valence-electron chi connectivity index (χ1n) is 13.9. The number of esters is 1. The van der Waals surface area contributed by atoms with Crippen LogP contribution in [0.3, 0.4) is 0 Å². The number of ether oxygens (including phenoxy) is 2. The molecule has 0 fully saturated rings. The second-order valence-corrected chi connectivity index (χ2v) is 11.7. The van der Waals surface area contributed by atoms with E-state index < -0.39 is 10.9 Å². The summed E-state index contributed by atoms with van der Waals surface area (Å²) in [4.78, 5) is 48.7. The quantitative estimate of drug-likeness (QED) is 0.192. The summed E-state index contributed by atoms with van der Waals surface area (Å²) in [5.74, 6) is 0.134. The molecule has 0 unspecified atom stereocenters. The van der Waals surface area contributed by atoms with Gasteiger partial charge in [0.05, 0.1) is 29.5 Å². The van der Waals surface area contributed by atoms with Gasteiger partial charge in [-0.05, 0) is 47.0 Å². The number of rotatable bonds is 11. The van der Waals surface area contributed by atoms with Gasteiger partial charge in [-0.15, -0.1) is 0 Å². The van der Waals surface area contributed by atoms with E-state index in [4.69, 9.17) is 19.4 Å². The molecule has 0 saturated heterocycles. The largest absolute Gasteiger partial charge is 0.479 e. The number of aromatic nitrogens is 4. The average molecular weight is 594 g/mol. The number of hydrogen-bond donors (Lipinski definition) is 1. The van der Waals surface area contributed by atoms with Gasteiger partial charge >= 0.3 is 11.7 Å². The van der Waals surface area contributed by atoms with Crippen molar-refractivity contribution in [3.63, 3.8) is 0 Å². The van der Waals surface area contributed by atoms with Crippen molar-refractivity contribution in [2.75, 3.05) is 63.0 Å². The minimum Gasteiger partial charge on any atom is -0.479 e. The first-order chi connectivity index (χ1) is 20.2. The smallest absolute Gasteiger partial charge is 0.343 e. The normalized spacial score (nSPS) is 13.7. The van der Waals surface area contributed by atoms with Crippen molar-refractivity contribution in [2.45, 2.75) is 46.1 Å². The molecule has 0 atom stereocenters. The summed E-state index contributed by atoms with van der Waals surface area (Å²) < 4.78 is 11.0. The van der Waals surface area contributed by atoms with Crippen molar-refractivity contribution in [3.05, 3.63) is 51.5 Å². The van der Waals surface area contributed by atoms with Crippen LogP contribution in [0.25, 0.3) is 0 Å². The average Bonchev–Trinajstić information content (AvgIpc) is 3.20. The molecule has 3 aromatic rings. The van der Waals surface area contributed by atoms with Crippen molar-refractivity contribution in [2.24, 2.45) is 0 Å². The topological polar surface area (TPSA) is 152 Å². The highest BCUT2D eigenvalue weighted by molar-refractivity contribution is 5.96. The van der Waals surface area contributed by atoms with E-state index in [0.717, 1.165) is 17.1 Å². The van der Waals surface area contributed by atoms with Gasteiger partial charge in [0.1, 0.15) is 11.3 Å². The van der Waals surface area contributed by atoms with Crippen molar-refractivity contribution in [1.82, 2.24) is 24.8 Å². The SMILES string of the molecule is COc1nc(N(C)CCN(C)C)c([N+](=O)[O-])cc1Nc1ncc(C(=O)OC(C)C)c(N2CC(C)(C)c3nc(C)ccc32)n1. The molecular formula is C29H39N9O5. The molecular weight excluding hydrogens is 554 g/mol. The van der Waals surface area contributed by atoms with Crippen LogP contribution < -0.4 is 19.9 Å². The molecule has 4 rings (SSSR count). The Kier molecular flexibility index (Phi) is 8.99. The lowest BCUT2D eigenvalue weighted by atomic mass is 9.91. The monoisotopic (exact) mass is 593 g/mol. The van der Waals surface area contributed by atoms with Crippen molar-refractivity contribution in [3.8, 4) is 5.88 Å². The highest BCUT2D eigenvalue weighted by Crippen LogP contribution is 2.44. The molecule has 0 aromatic carbocycles. The molecule has 14 heteroatoms. The Labute approximate surface area is 251 Å². The van der Waals surface area contributed by atoms with Crippen LogP contribution in [-0.4, -0.2) is 89.7 Å². The van der Waals surface area contributed by atoms with Crippen molar-refractivity contribution in [1.29, 1.82) is 0 Å². The lowest BCUT2D eigenvalue weighted by molar-refractivity contribution is -0.384. The van der Waals surface area contributed by atoms with E-state index in [2.05, 4.69) is 29.1 Å². The summed E-state index contributed by atoms with van der Waals surface area (Å²) in [6.07, 6.45) is 1.04. The lowest BCUT2D eigenvalue weighted by Gasteiger charge is -2.24. The first kappa shape index (κ1) is 31.3. The Morgan fingerprint density at radius 2 is 1.91 bits per heavy atom. The van der Waals surface area contributed by atoms with E-state index in [1.54, 1.807) is 25.8 Å². The molecule has 14 nitrogen and oxygen atoms in total. The third-order valence-electron chi connectivity index (χ3n) is 6.91. The maximum Gasteiger partial charge on any atom is 0.343 e. The lowest BCUT2D eigenvalue weighted by Crippen LogP contribution is -2.29. The molecule has 1 aliphatic heterocycles. The maximum atomic E-state index is 13.2. The number of anilines is 5. The van der Waals surface area contributed by atoms with E-state index >= 15 is 0 Å². The molecule has 3 aromatic heterocycles. The number of nitrogens with one attached hydrogen (secondary N) is 1. The number of nitro groups is 1. The Bertz CT molecular complexity index is 1530. The fourth-order valence-corrected chi connectivity index (χ4v) is 4.78. The minimum atomic E-state index is -0.567. The zero-order valence-electron chi connectivity index (χ0n) is 26.1. The summed E-state index contributed by atoms with van der Waals surface area (Å²) in [6, 6.07) is 5.21. The van der Waals surface area contributed by atoms with E-state index in [-0.39, 0.29) is 46.1 Å². The Hall–Kier alpha value is -4.59. The zero-order valence-corrected chi connectivity index (χ0v) is 26.1. The second-order valence-electron chi connectivity index (χ2n) is 11.7. The number of aryl methyl sites for hydroxylation is 1. The first-order valence-corrected chi connectivity index (χ1v) is 13.9. The Balaban J connectivity index is 1.79. The number of pyridine rings is 2. The highest BCUT2D eigenvalue weighted by atomic mass is 16.6. The summed E-state index contributed by atoms with van der Waals surface area (Å²) in [5.41, 5.74) is 2.42. The summed E-state index contributed by atoms with van der Waals surface area (Å²) in [5, 5.41) is 15.1. The molecule has 0 radical (unpaired) electrons. The van der Waals surface area contributed by atoms with Gasteiger partial charge in [0.2, 0.25) is 17.6 Å². The van der Waals surface area contributed by atoms with Crippen LogP contribution in [0.4, 0.5) is 34.6 Å². The molecule has 0 aliphatic carbocycles. The minimum absolute atomic E-state index is 0.0885. The number of nitrogens with zero attached hydrogens (tertiary/aromatic N) is 8. The highest BCUT2D eigenvalue weighted by Gasteiger charge is 2.40. The van der Waals surface area contributed by atoms with Crippen LogP contribution >= 0.6 is 0 Å². The number of methoxy groups -OCH3 is 1. The van der Waals surface area contributed by atoms with Gasteiger partial charge < -0.3 is 29.5 Å². The van der Waals surface area contributed by atoms with E-state index in [9.17, 15) is 14.9 Å². The third kappa shape index (κ3) is 6.74. The van der Waals surface area contributed by atoms with Crippen LogP contribution in [0, 0.1) is 17.0 Å². The molecule has 0 saturated carbocycles. The van der Waals surface area contributed by atoms with Crippen LogP contribution in [-0.2, 0) is 10.2 Å².